The maximum atomic E-state index is 12.4. The molecule has 6 heteroatoms. The van der Waals surface area contributed by atoms with Crippen LogP contribution in [0.25, 0.3) is 10.9 Å². The monoisotopic (exact) mass is 334 g/mol. The summed E-state index contributed by atoms with van der Waals surface area (Å²) >= 11 is 0. The summed E-state index contributed by atoms with van der Waals surface area (Å²) in [6.45, 7) is 1.10. The number of carbonyl (C=O) groups excluding carboxylic acids is 2. The molecule has 6 nitrogen and oxygen atoms in total. The van der Waals surface area contributed by atoms with E-state index in [4.69, 9.17) is 0 Å². The Kier molecular flexibility index (Phi) is 3.93. The molecule has 4 rings (SSSR count). The SMILES string of the molecule is O=C(NCc1ccnc(N2CCCC2=O)c1)c1ccc2[nH]ccc2c1. The average molecular weight is 334 g/mol. The first kappa shape index (κ1) is 15.4. The lowest BCUT2D eigenvalue weighted by atomic mass is 10.1. The van der Waals surface area contributed by atoms with Gasteiger partial charge in [-0.15, -0.1) is 0 Å². The van der Waals surface area contributed by atoms with Gasteiger partial charge >= 0.3 is 0 Å². The number of anilines is 1. The van der Waals surface area contributed by atoms with E-state index in [0.29, 0.717) is 30.9 Å². The molecule has 3 aromatic rings. The summed E-state index contributed by atoms with van der Waals surface area (Å²) in [5, 5.41) is 3.93. The number of amides is 2. The van der Waals surface area contributed by atoms with Gasteiger partial charge in [0.15, 0.2) is 0 Å². The largest absolute Gasteiger partial charge is 0.361 e. The number of H-pyrrole nitrogens is 1. The van der Waals surface area contributed by atoms with E-state index in [-0.39, 0.29) is 11.8 Å². The summed E-state index contributed by atoms with van der Waals surface area (Å²) in [5.41, 5.74) is 2.54. The maximum Gasteiger partial charge on any atom is 0.251 e. The van der Waals surface area contributed by atoms with Crippen LogP contribution in [-0.2, 0) is 11.3 Å². The van der Waals surface area contributed by atoms with Crippen molar-refractivity contribution in [3.63, 3.8) is 0 Å². The molecule has 0 atom stereocenters. The molecule has 0 radical (unpaired) electrons. The second kappa shape index (κ2) is 6.39. The van der Waals surface area contributed by atoms with E-state index < -0.39 is 0 Å². The lowest BCUT2D eigenvalue weighted by molar-refractivity contribution is -0.117. The van der Waals surface area contributed by atoms with Crippen LogP contribution in [0.2, 0.25) is 0 Å². The fourth-order valence-corrected chi connectivity index (χ4v) is 3.09. The summed E-state index contributed by atoms with van der Waals surface area (Å²) in [6.07, 6.45) is 4.96. The van der Waals surface area contributed by atoms with Gasteiger partial charge in [0.05, 0.1) is 0 Å². The Morgan fingerprint density at radius 2 is 2.16 bits per heavy atom. The summed E-state index contributed by atoms with van der Waals surface area (Å²) in [5.74, 6) is 0.634. The van der Waals surface area contributed by atoms with Gasteiger partial charge in [-0.2, -0.15) is 0 Å². The van der Waals surface area contributed by atoms with Crippen molar-refractivity contribution >= 4 is 28.5 Å². The number of nitrogens with one attached hydrogen (secondary N) is 2. The van der Waals surface area contributed by atoms with E-state index >= 15 is 0 Å². The quantitative estimate of drug-likeness (QED) is 0.770. The highest BCUT2D eigenvalue weighted by atomic mass is 16.2. The third-order valence-corrected chi connectivity index (χ3v) is 4.43. The van der Waals surface area contributed by atoms with Crippen molar-refractivity contribution in [2.75, 3.05) is 11.4 Å². The molecular weight excluding hydrogens is 316 g/mol. The fraction of sp³-hybridized carbons (Fsp3) is 0.211. The van der Waals surface area contributed by atoms with Gasteiger partial charge in [-0.05, 0) is 48.4 Å². The second-order valence-corrected chi connectivity index (χ2v) is 6.13. The summed E-state index contributed by atoms with van der Waals surface area (Å²) in [7, 11) is 0. The molecule has 3 heterocycles. The van der Waals surface area contributed by atoms with Crippen LogP contribution in [0.3, 0.4) is 0 Å². The maximum absolute atomic E-state index is 12.4. The van der Waals surface area contributed by atoms with Crippen molar-refractivity contribution in [3.05, 3.63) is 59.9 Å². The predicted octanol–water partition coefficient (Wildman–Crippen LogP) is 2.62. The number of carbonyl (C=O) groups is 2. The average Bonchev–Trinajstić information content (AvgIpc) is 3.27. The smallest absolute Gasteiger partial charge is 0.251 e. The first-order valence-electron chi connectivity index (χ1n) is 8.31. The Morgan fingerprint density at radius 3 is 3.00 bits per heavy atom. The third-order valence-electron chi connectivity index (χ3n) is 4.43. The fourth-order valence-electron chi connectivity index (χ4n) is 3.09. The van der Waals surface area contributed by atoms with E-state index in [2.05, 4.69) is 15.3 Å². The molecule has 2 N–H and O–H groups in total. The van der Waals surface area contributed by atoms with E-state index in [9.17, 15) is 9.59 Å². The normalized spacial score (nSPS) is 14.2. The third kappa shape index (κ3) is 3.10. The number of aromatic nitrogens is 2. The van der Waals surface area contributed by atoms with Crippen molar-refractivity contribution in [1.29, 1.82) is 0 Å². The Labute approximate surface area is 144 Å². The Morgan fingerprint density at radius 1 is 1.24 bits per heavy atom. The minimum Gasteiger partial charge on any atom is -0.361 e. The number of hydrogen-bond acceptors (Lipinski definition) is 3. The first-order valence-corrected chi connectivity index (χ1v) is 8.31. The van der Waals surface area contributed by atoms with E-state index in [1.54, 1.807) is 17.2 Å². The van der Waals surface area contributed by atoms with Gasteiger partial charge in [0.1, 0.15) is 5.82 Å². The number of aromatic amines is 1. The van der Waals surface area contributed by atoms with Crippen LogP contribution in [0.15, 0.2) is 48.8 Å². The van der Waals surface area contributed by atoms with Crippen LogP contribution in [0.1, 0.15) is 28.8 Å². The molecule has 0 spiro atoms. The standard InChI is InChI=1S/C19H18N4O2/c24-18-2-1-9-23(18)17-10-13(5-7-21-17)12-22-19(25)15-3-4-16-14(11-15)6-8-20-16/h3-8,10-11,20H,1-2,9,12H2,(H,22,25). The van der Waals surface area contributed by atoms with Gasteiger partial charge in [-0.25, -0.2) is 4.98 Å². The zero-order chi connectivity index (χ0) is 17.2. The molecule has 126 valence electrons. The van der Waals surface area contributed by atoms with Crippen molar-refractivity contribution in [3.8, 4) is 0 Å². The van der Waals surface area contributed by atoms with Gasteiger partial charge in [-0.3, -0.25) is 14.5 Å². The van der Waals surface area contributed by atoms with Crippen molar-refractivity contribution in [1.82, 2.24) is 15.3 Å². The summed E-state index contributed by atoms with van der Waals surface area (Å²) in [6, 6.07) is 11.2. The first-order chi connectivity index (χ1) is 12.2. The van der Waals surface area contributed by atoms with Crippen LogP contribution in [0, 0.1) is 0 Å². The van der Waals surface area contributed by atoms with Crippen LogP contribution in [0.4, 0.5) is 5.82 Å². The molecule has 1 saturated heterocycles. The van der Waals surface area contributed by atoms with Crippen LogP contribution >= 0.6 is 0 Å². The predicted molar refractivity (Wildman–Crippen MR) is 95.3 cm³/mol. The zero-order valence-corrected chi connectivity index (χ0v) is 13.7. The molecule has 25 heavy (non-hydrogen) atoms. The molecule has 1 aliphatic heterocycles. The molecule has 2 amide bonds. The minimum atomic E-state index is -0.126. The van der Waals surface area contributed by atoms with E-state index in [0.717, 1.165) is 22.9 Å². The lowest BCUT2D eigenvalue weighted by Crippen LogP contribution is -2.26. The molecule has 2 aromatic heterocycles. The Hall–Kier alpha value is -3.15. The van der Waals surface area contributed by atoms with Crippen molar-refractivity contribution < 1.29 is 9.59 Å². The Bertz CT molecular complexity index is 947. The zero-order valence-electron chi connectivity index (χ0n) is 13.7. The van der Waals surface area contributed by atoms with Gasteiger partial charge in [0.25, 0.3) is 5.91 Å². The van der Waals surface area contributed by atoms with Crippen LogP contribution < -0.4 is 10.2 Å². The molecular formula is C19H18N4O2. The molecule has 1 aromatic carbocycles. The second-order valence-electron chi connectivity index (χ2n) is 6.13. The molecule has 0 unspecified atom stereocenters. The molecule has 0 bridgehead atoms. The van der Waals surface area contributed by atoms with Gasteiger partial charge in [0, 0.05) is 48.4 Å². The number of rotatable bonds is 4. The van der Waals surface area contributed by atoms with Gasteiger partial charge in [-0.1, -0.05) is 0 Å². The highest BCUT2D eigenvalue weighted by molar-refractivity contribution is 5.98. The summed E-state index contributed by atoms with van der Waals surface area (Å²) < 4.78 is 0. The van der Waals surface area contributed by atoms with Crippen LogP contribution in [0.5, 0.6) is 0 Å². The highest BCUT2D eigenvalue weighted by Gasteiger charge is 2.22. The molecule has 1 fully saturated rings. The highest BCUT2D eigenvalue weighted by Crippen LogP contribution is 2.20. The van der Waals surface area contributed by atoms with Gasteiger partial charge < -0.3 is 10.3 Å². The van der Waals surface area contributed by atoms with Crippen molar-refractivity contribution in [2.45, 2.75) is 19.4 Å². The Balaban J connectivity index is 1.45. The number of hydrogen-bond donors (Lipinski definition) is 2. The van der Waals surface area contributed by atoms with Crippen molar-refractivity contribution in [2.24, 2.45) is 0 Å². The van der Waals surface area contributed by atoms with Gasteiger partial charge in [0.2, 0.25) is 5.91 Å². The van der Waals surface area contributed by atoms with E-state index in [1.165, 1.54) is 0 Å². The number of nitrogens with zero attached hydrogens (tertiary/aromatic N) is 2. The number of fused-ring (bicyclic) bond motifs is 1. The number of pyridine rings is 1. The lowest BCUT2D eigenvalue weighted by Gasteiger charge is -2.15. The molecule has 0 saturated carbocycles. The minimum absolute atomic E-state index is 0.105. The molecule has 0 aliphatic carbocycles. The van der Waals surface area contributed by atoms with E-state index in [1.807, 2.05) is 36.5 Å². The molecule has 1 aliphatic rings. The number of benzene rings is 1. The van der Waals surface area contributed by atoms with Crippen LogP contribution in [-0.4, -0.2) is 28.3 Å². The summed E-state index contributed by atoms with van der Waals surface area (Å²) in [4.78, 5) is 33.3. The topological polar surface area (TPSA) is 78.1 Å².